The van der Waals surface area contributed by atoms with Crippen LogP contribution >= 0.6 is 0 Å². The summed E-state index contributed by atoms with van der Waals surface area (Å²) in [6.07, 6.45) is 8.09. The van der Waals surface area contributed by atoms with E-state index in [2.05, 4.69) is 31.0 Å². The first-order valence-electron chi connectivity index (χ1n) is 8.18. The SMILES string of the molecule is C#CC1C[C@@H]2[C@@H](CCC[C@@H]2O)N1C(=O)OC.Cc1cc2ccc1-2. The first kappa shape index (κ1) is 15.9. The summed E-state index contributed by atoms with van der Waals surface area (Å²) in [5.74, 6) is 2.74. The maximum absolute atomic E-state index is 11.7. The summed E-state index contributed by atoms with van der Waals surface area (Å²) >= 11 is 0. The molecule has 0 aromatic carbocycles. The van der Waals surface area contributed by atoms with E-state index in [1.54, 1.807) is 4.90 Å². The van der Waals surface area contributed by atoms with E-state index in [0.29, 0.717) is 6.42 Å². The van der Waals surface area contributed by atoms with Crippen LogP contribution in [0.25, 0.3) is 11.1 Å². The second-order valence-corrected chi connectivity index (χ2v) is 6.55. The van der Waals surface area contributed by atoms with Crippen molar-refractivity contribution >= 4 is 6.09 Å². The van der Waals surface area contributed by atoms with Gasteiger partial charge >= 0.3 is 6.09 Å². The molecule has 1 N–H and O–H groups in total. The zero-order valence-corrected chi connectivity index (χ0v) is 13.7. The molecule has 0 spiro atoms. The van der Waals surface area contributed by atoms with Gasteiger partial charge in [-0.2, -0.15) is 0 Å². The summed E-state index contributed by atoms with van der Waals surface area (Å²) < 4.78 is 4.76. The maximum Gasteiger partial charge on any atom is 0.410 e. The van der Waals surface area contributed by atoms with Crippen LogP contribution in [0.4, 0.5) is 4.79 Å². The van der Waals surface area contributed by atoms with Crippen LogP contribution in [0.5, 0.6) is 0 Å². The fourth-order valence-electron chi connectivity index (χ4n) is 3.98. The lowest BCUT2D eigenvalue weighted by Gasteiger charge is -2.34. The van der Waals surface area contributed by atoms with Crippen LogP contribution in [0.2, 0.25) is 0 Å². The van der Waals surface area contributed by atoms with E-state index in [4.69, 9.17) is 11.2 Å². The molecule has 0 radical (unpaired) electrons. The number of aliphatic hydroxyl groups excluding tert-OH is 1. The van der Waals surface area contributed by atoms with Gasteiger partial charge in [0.15, 0.2) is 0 Å². The summed E-state index contributed by atoms with van der Waals surface area (Å²) in [7, 11) is 1.36. The van der Waals surface area contributed by atoms with Gasteiger partial charge in [-0.15, -0.1) is 6.42 Å². The number of amides is 1. The van der Waals surface area contributed by atoms with Crippen molar-refractivity contribution in [2.45, 2.75) is 50.8 Å². The average molecular weight is 313 g/mol. The lowest BCUT2D eigenvalue weighted by molar-refractivity contribution is 0.0382. The standard InChI is InChI=1S/C12H17NO3.C7H6/c1-3-8-7-9-10(5-4-6-11(9)14)13(8)12(15)16-2;1-5-4-6-2-3-7(5)6/h1,8-11,14H,4-7H2,2H3;2-4H,1H3/t8?,9-,10-,11+;/m1./s1. The van der Waals surface area contributed by atoms with Crippen molar-refractivity contribution in [1.82, 2.24) is 4.90 Å². The molecule has 2 fully saturated rings. The number of carbonyl (C=O) groups excluding carboxylic acids is 1. The van der Waals surface area contributed by atoms with E-state index in [1.807, 2.05) is 0 Å². The lowest BCUT2D eigenvalue weighted by Crippen LogP contribution is -2.45. The Hall–Kier alpha value is -1.99. The molecule has 1 amide bonds. The predicted molar refractivity (Wildman–Crippen MR) is 88.8 cm³/mol. The van der Waals surface area contributed by atoms with Crippen molar-refractivity contribution in [1.29, 1.82) is 0 Å². The van der Waals surface area contributed by atoms with Crippen LogP contribution in [0.3, 0.4) is 0 Å². The molecular weight excluding hydrogens is 290 g/mol. The molecule has 23 heavy (non-hydrogen) atoms. The van der Waals surface area contributed by atoms with Crippen molar-refractivity contribution in [2.75, 3.05) is 7.11 Å². The number of rotatable bonds is 0. The number of fused-ring (bicyclic) bond motifs is 2. The second kappa shape index (κ2) is 6.25. The summed E-state index contributed by atoms with van der Waals surface area (Å²) in [5.41, 5.74) is 4.36. The van der Waals surface area contributed by atoms with Crippen LogP contribution in [0.15, 0.2) is 18.2 Å². The minimum Gasteiger partial charge on any atom is -0.453 e. The Morgan fingerprint density at radius 2 is 2.22 bits per heavy atom. The molecule has 1 heterocycles. The van der Waals surface area contributed by atoms with E-state index < -0.39 is 0 Å². The van der Waals surface area contributed by atoms with Crippen molar-refractivity contribution in [3.8, 4) is 23.5 Å². The number of aliphatic hydroxyl groups is 1. The third-order valence-corrected chi connectivity index (χ3v) is 5.29. The third kappa shape index (κ3) is 2.70. The van der Waals surface area contributed by atoms with Gasteiger partial charge in [0.25, 0.3) is 0 Å². The highest BCUT2D eigenvalue weighted by Gasteiger charge is 2.47. The molecule has 0 bridgehead atoms. The quantitative estimate of drug-likeness (QED) is 0.761. The zero-order valence-electron chi connectivity index (χ0n) is 13.7. The monoisotopic (exact) mass is 313 g/mol. The first-order chi connectivity index (χ1) is 11.1. The highest BCUT2D eigenvalue weighted by atomic mass is 16.5. The molecule has 0 aromatic rings. The number of terminal acetylenes is 1. The third-order valence-electron chi connectivity index (χ3n) is 5.29. The van der Waals surface area contributed by atoms with Gasteiger partial charge in [0.05, 0.1) is 19.3 Å². The van der Waals surface area contributed by atoms with E-state index in [-0.39, 0.29) is 30.2 Å². The Morgan fingerprint density at radius 3 is 2.65 bits per heavy atom. The highest BCUT2D eigenvalue weighted by molar-refractivity contribution is 5.80. The molecule has 1 saturated carbocycles. The number of benzene rings is 1. The Labute approximate surface area is 137 Å². The summed E-state index contributed by atoms with van der Waals surface area (Å²) in [5, 5.41) is 9.92. The molecule has 4 nitrogen and oxygen atoms in total. The number of hydrogen-bond donors (Lipinski definition) is 1. The summed E-state index contributed by atoms with van der Waals surface area (Å²) in [6.45, 7) is 2.14. The van der Waals surface area contributed by atoms with Crippen molar-refractivity contribution in [3.63, 3.8) is 0 Å². The zero-order chi connectivity index (χ0) is 16.6. The van der Waals surface area contributed by atoms with Gasteiger partial charge in [-0.05, 0) is 49.3 Å². The maximum atomic E-state index is 11.7. The van der Waals surface area contributed by atoms with Gasteiger partial charge in [-0.3, -0.25) is 4.90 Å². The fraction of sp³-hybridized carbons (Fsp3) is 0.526. The van der Waals surface area contributed by atoms with E-state index in [1.165, 1.54) is 23.8 Å². The lowest BCUT2D eigenvalue weighted by atomic mass is 9.82. The molecule has 4 rings (SSSR count). The fourth-order valence-corrected chi connectivity index (χ4v) is 3.98. The van der Waals surface area contributed by atoms with Gasteiger partial charge < -0.3 is 9.84 Å². The molecule has 1 saturated heterocycles. The number of aryl methyl sites for hydroxylation is 1. The number of carbonyl (C=O) groups is 1. The highest BCUT2D eigenvalue weighted by Crippen LogP contribution is 2.40. The molecule has 1 aliphatic heterocycles. The Bertz CT molecular complexity index is 649. The average Bonchev–Trinajstić information content (AvgIpc) is 2.92. The molecule has 4 heteroatoms. The van der Waals surface area contributed by atoms with Gasteiger partial charge in [0, 0.05) is 12.0 Å². The number of ether oxygens (including phenoxy) is 1. The number of hydrogen-bond acceptors (Lipinski definition) is 3. The van der Waals surface area contributed by atoms with Crippen LogP contribution in [0, 0.1) is 25.2 Å². The predicted octanol–water partition coefficient (Wildman–Crippen LogP) is 2.97. The van der Waals surface area contributed by atoms with Gasteiger partial charge in [-0.1, -0.05) is 24.1 Å². The minimum absolute atomic E-state index is 0.0530. The molecule has 4 aliphatic rings. The van der Waals surface area contributed by atoms with E-state index in [0.717, 1.165) is 19.3 Å². The van der Waals surface area contributed by atoms with E-state index >= 15 is 0 Å². The topological polar surface area (TPSA) is 49.8 Å². The van der Waals surface area contributed by atoms with Crippen molar-refractivity contribution in [3.05, 3.63) is 23.8 Å². The van der Waals surface area contributed by atoms with Crippen LogP contribution in [-0.2, 0) is 4.74 Å². The van der Waals surface area contributed by atoms with Crippen molar-refractivity contribution in [2.24, 2.45) is 5.92 Å². The normalized spacial score (nSPS) is 29.7. The van der Waals surface area contributed by atoms with Crippen LogP contribution in [-0.4, -0.2) is 41.4 Å². The van der Waals surface area contributed by atoms with Crippen LogP contribution < -0.4 is 0 Å². The molecule has 122 valence electrons. The summed E-state index contributed by atoms with van der Waals surface area (Å²) in [6, 6.07) is 6.33. The second-order valence-electron chi connectivity index (χ2n) is 6.55. The van der Waals surface area contributed by atoms with Crippen LogP contribution in [0.1, 0.15) is 31.2 Å². The first-order valence-corrected chi connectivity index (χ1v) is 8.18. The minimum atomic E-state index is -0.371. The molecule has 0 aromatic heterocycles. The van der Waals surface area contributed by atoms with E-state index in [9.17, 15) is 9.90 Å². The number of methoxy groups -OCH3 is 1. The molecule has 4 atom stereocenters. The van der Waals surface area contributed by atoms with Gasteiger partial charge in [0.2, 0.25) is 0 Å². The number of nitrogens with zero attached hydrogens (tertiary/aromatic N) is 1. The number of likely N-dealkylation sites (tertiary alicyclic amines) is 1. The Kier molecular flexibility index (Phi) is 4.32. The summed E-state index contributed by atoms with van der Waals surface area (Å²) in [4.78, 5) is 13.3. The van der Waals surface area contributed by atoms with Crippen molar-refractivity contribution < 1.29 is 14.6 Å². The molecule has 1 unspecified atom stereocenters. The van der Waals surface area contributed by atoms with Gasteiger partial charge in [0.1, 0.15) is 0 Å². The Balaban J connectivity index is 0.000000183. The van der Waals surface area contributed by atoms with Gasteiger partial charge in [-0.25, -0.2) is 4.79 Å². The largest absolute Gasteiger partial charge is 0.453 e. The smallest absolute Gasteiger partial charge is 0.410 e. The molecular formula is C19H23NO3. The Morgan fingerprint density at radius 1 is 1.43 bits per heavy atom. The molecule has 3 aliphatic carbocycles.